The van der Waals surface area contributed by atoms with Crippen LogP contribution in [0.3, 0.4) is 0 Å². The number of imidazole rings is 1. The molecule has 0 bridgehead atoms. The first-order valence-electron chi connectivity index (χ1n) is 8.54. The zero-order valence-corrected chi connectivity index (χ0v) is 15.4. The first-order valence-corrected chi connectivity index (χ1v) is 8.54. The van der Waals surface area contributed by atoms with Crippen LogP contribution in [0.15, 0.2) is 49.1 Å². The molecule has 0 fully saturated rings. The third-order valence-corrected chi connectivity index (χ3v) is 4.16. The van der Waals surface area contributed by atoms with Gasteiger partial charge in [0, 0.05) is 64.1 Å². The highest BCUT2D eigenvalue weighted by Crippen LogP contribution is 2.11. The van der Waals surface area contributed by atoms with Crippen molar-refractivity contribution >= 4 is 17.4 Å². The summed E-state index contributed by atoms with van der Waals surface area (Å²) in [5.41, 5.74) is 2.59. The Morgan fingerprint density at radius 2 is 1.96 bits per heavy atom. The van der Waals surface area contributed by atoms with E-state index in [1.807, 2.05) is 55.1 Å². The number of carbonyl (C=O) groups is 1. The molecule has 3 rings (SSSR count). The van der Waals surface area contributed by atoms with Gasteiger partial charge < -0.3 is 19.5 Å². The summed E-state index contributed by atoms with van der Waals surface area (Å²) in [7, 11) is 6.00. The topological polar surface area (TPSA) is 65.8 Å². The number of hydrogen-bond donors (Lipinski definition) is 1. The summed E-state index contributed by atoms with van der Waals surface area (Å²) in [5, 5.41) is 2.96. The molecule has 26 heavy (non-hydrogen) atoms. The minimum absolute atomic E-state index is 0.0808. The Kier molecular flexibility index (Phi) is 5.48. The van der Waals surface area contributed by atoms with E-state index in [9.17, 15) is 4.79 Å². The third kappa shape index (κ3) is 4.37. The number of pyridine rings is 2. The van der Waals surface area contributed by atoms with Gasteiger partial charge in [0.1, 0.15) is 11.5 Å². The normalized spacial score (nSPS) is 11.1. The SMILES string of the molecule is CN(CCNC(=O)c1ccn2ccnc2c1)Cc1ccnc(N(C)C)c1. The molecule has 0 atom stereocenters. The zero-order valence-electron chi connectivity index (χ0n) is 15.4. The van der Waals surface area contributed by atoms with Gasteiger partial charge in [0.2, 0.25) is 0 Å². The second-order valence-electron chi connectivity index (χ2n) is 6.52. The molecule has 1 amide bonds. The van der Waals surface area contributed by atoms with Gasteiger partial charge in [-0.3, -0.25) is 4.79 Å². The Labute approximate surface area is 153 Å². The van der Waals surface area contributed by atoms with Crippen LogP contribution >= 0.6 is 0 Å². The molecule has 0 unspecified atom stereocenters. The van der Waals surface area contributed by atoms with Crippen LogP contribution in [0.4, 0.5) is 5.82 Å². The molecular weight excluding hydrogens is 328 g/mol. The summed E-state index contributed by atoms with van der Waals surface area (Å²) >= 11 is 0. The number of aromatic nitrogens is 3. The molecular formula is C19H24N6O. The lowest BCUT2D eigenvalue weighted by Gasteiger charge is -2.18. The highest BCUT2D eigenvalue weighted by Gasteiger charge is 2.08. The second kappa shape index (κ2) is 7.97. The van der Waals surface area contributed by atoms with Crippen LogP contribution in [0, 0.1) is 0 Å². The van der Waals surface area contributed by atoms with Crippen molar-refractivity contribution in [2.75, 3.05) is 39.1 Å². The predicted molar refractivity (Wildman–Crippen MR) is 102 cm³/mol. The quantitative estimate of drug-likeness (QED) is 0.700. The Balaban J connectivity index is 1.49. The van der Waals surface area contributed by atoms with Gasteiger partial charge in [-0.15, -0.1) is 0 Å². The number of fused-ring (bicyclic) bond motifs is 1. The van der Waals surface area contributed by atoms with Gasteiger partial charge in [-0.2, -0.15) is 0 Å². The zero-order chi connectivity index (χ0) is 18.5. The van der Waals surface area contributed by atoms with Crippen molar-refractivity contribution in [3.63, 3.8) is 0 Å². The van der Waals surface area contributed by atoms with Gasteiger partial charge in [-0.05, 0) is 36.9 Å². The van der Waals surface area contributed by atoms with Crippen molar-refractivity contribution < 1.29 is 4.79 Å². The smallest absolute Gasteiger partial charge is 0.251 e. The molecule has 0 saturated carbocycles. The van der Waals surface area contributed by atoms with E-state index in [2.05, 4.69) is 26.3 Å². The monoisotopic (exact) mass is 352 g/mol. The highest BCUT2D eigenvalue weighted by atomic mass is 16.1. The molecule has 0 spiro atoms. The third-order valence-electron chi connectivity index (χ3n) is 4.16. The highest BCUT2D eigenvalue weighted by molar-refractivity contribution is 5.94. The fourth-order valence-electron chi connectivity index (χ4n) is 2.71. The number of nitrogens with one attached hydrogen (secondary N) is 1. The van der Waals surface area contributed by atoms with Gasteiger partial charge in [-0.1, -0.05) is 0 Å². The first-order chi connectivity index (χ1) is 12.5. The Hall–Kier alpha value is -2.93. The van der Waals surface area contributed by atoms with Crippen LogP contribution in [0.25, 0.3) is 5.65 Å². The number of amides is 1. The average Bonchev–Trinajstić information content (AvgIpc) is 3.09. The Bertz CT molecular complexity index is 888. The first kappa shape index (κ1) is 17.9. The molecule has 136 valence electrons. The lowest BCUT2D eigenvalue weighted by atomic mass is 10.2. The van der Waals surface area contributed by atoms with Crippen molar-refractivity contribution in [3.8, 4) is 0 Å². The standard InChI is InChI=1S/C19H24N6O/c1-23(2)17-12-15(4-6-20-17)14-24(3)10-7-22-19(26)16-5-9-25-11-8-21-18(25)13-16/h4-6,8-9,11-13H,7,10,14H2,1-3H3,(H,22,26). The minimum atomic E-state index is -0.0808. The van der Waals surface area contributed by atoms with Crippen LogP contribution < -0.4 is 10.2 Å². The van der Waals surface area contributed by atoms with E-state index in [0.29, 0.717) is 12.1 Å². The molecule has 0 saturated heterocycles. The lowest BCUT2D eigenvalue weighted by molar-refractivity contribution is 0.0949. The summed E-state index contributed by atoms with van der Waals surface area (Å²) < 4.78 is 1.88. The predicted octanol–water partition coefficient (Wildman–Crippen LogP) is 1.66. The van der Waals surface area contributed by atoms with E-state index in [1.54, 1.807) is 18.3 Å². The van der Waals surface area contributed by atoms with E-state index in [-0.39, 0.29) is 5.91 Å². The minimum Gasteiger partial charge on any atom is -0.363 e. The summed E-state index contributed by atoms with van der Waals surface area (Å²) in [4.78, 5) is 25.0. The molecule has 0 aliphatic carbocycles. The largest absolute Gasteiger partial charge is 0.363 e. The molecule has 7 nitrogen and oxygen atoms in total. The van der Waals surface area contributed by atoms with E-state index in [0.717, 1.165) is 24.6 Å². The molecule has 0 radical (unpaired) electrons. The van der Waals surface area contributed by atoms with E-state index >= 15 is 0 Å². The molecule has 0 aliphatic rings. The Morgan fingerprint density at radius 1 is 1.12 bits per heavy atom. The fourth-order valence-corrected chi connectivity index (χ4v) is 2.71. The van der Waals surface area contributed by atoms with E-state index < -0.39 is 0 Å². The van der Waals surface area contributed by atoms with Gasteiger partial charge >= 0.3 is 0 Å². The Morgan fingerprint density at radius 3 is 2.77 bits per heavy atom. The van der Waals surface area contributed by atoms with Gasteiger partial charge in [-0.25, -0.2) is 9.97 Å². The number of likely N-dealkylation sites (N-methyl/N-ethyl adjacent to an activating group) is 1. The summed E-state index contributed by atoms with van der Waals surface area (Å²) in [5.74, 6) is 0.862. The molecule has 1 N–H and O–H groups in total. The van der Waals surface area contributed by atoms with Crippen LogP contribution in [-0.4, -0.2) is 59.4 Å². The molecule has 0 aliphatic heterocycles. The van der Waals surface area contributed by atoms with Crippen molar-refractivity contribution in [1.29, 1.82) is 0 Å². The summed E-state index contributed by atoms with van der Waals surface area (Å²) in [6.45, 7) is 2.15. The number of rotatable bonds is 7. The summed E-state index contributed by atoms with van der Waals surface area (Å²) in [6, 6.07) is 7.68. The fraction of sp³-hybridized carbons (Fsp3) is 0.316. The lowest BCUT2D eigenvalue weighted by Crippen LogP contribution is -2.32. The summed E-state index contributed by atoms with van der Waals surface area (Å²) in [6.07, 6.45) is 7.24. The van der Waals surface area contributed by atoms with E-state index in [4.69, 9.17) is 0 Å². The van der Waals surface area contributed by atoms with Gasteiger partial charge in [0.25, 0.3) is 5.91 Å². The molecule has 3 aromatic rings. The van der Waals surface area contributed by atoms with Crippen molar-refractivity contribution in [2.24, 2.45) is 0 Å². The van der Waals surface area contributed by atoms with Crippen LogP contribution in [0.1, 0.15) is 15.9 Å². The number of hydrogen-bond acceptors (Lipinski definition) is 5. The molecule has 0 aromatic carbocycles. The van der Waals surface area contributed by atoms with Crippen LogP contribution in [0.5, 0.6) is 0 Å². The number of nitrogens with zero attached hydrogens (tertiary/aromatic N) is 5. The van der Waals surface area contributed by atoms with E-state index in [1.165, 1.54) is 5.56 Å². The van der Waals surface area contributed by atoms with Gasteiger partial charge in [0.15, 0.2) is 0 Å². The second-order valence-corrected chi connectivity index (χ2v) is 6.52. The van der Waals surface area contributed by atoms with Crippen LogP contribution in [-0.2, 0) is 6.54 Å². The van der Waals surface area contributed by atoms with Crippen molar-refractivity contribution in [1.82, 2.24) is 24.6 Å². The van der Waals surface area contributed by atoms with Crippen LogP contribution in [0.2, 0.25) is 0 Å². The van der Waals surface area contributed by atoms with Crippen molar-refractivity contribution in [3.05, 3.63) is 60.2 Å². The maximum Gasteiger partial charge on any atom is 0.251 e. The molecule has 3 heterocycles. The average molecular weight is 352 g/mol. The molecule has 3 aromatic heterocycles. The maximum absolute atomic E-state index is 12.3. The van der Waals surface area contributed by atoms with Gasteiger partial charge in [0.05, 0.1) is 0 Å². The number of anilines is 1. The van der Waals surface area contributed by atoms with Crippen molar-refractivity contribution in [2.45, 2.75) is 6.54 Å². The maximum atomic E-state index is 12.3. The molecule has 7 heteroatoms. The number of carbonyl (C=O) groups excluding carboxylic acids is 1.